The maximum absolute atomic E-state index is 7.05. The third-order valence-electron chi connectivity index (χ3n) is 9.63. The third kappa shape index (κ3) is 4.52. The number of hydrogen-bond donors (Lipinski definition) is 0. The molecule has 50 heavy (non-hydrogen) atoms. The molecule has 0 radical (unpaired) electrons. The van der Waals surface area contributed by atoms with E-state index in [-0.39, 0.29) is 0 Å². The summed E-state index contributed by atoms with van der Waals surface area (Å²) >= 11 is 0. The topological polar surface area (TPSA) is 52.8 Å². The maximum atomic E-state index is 7.05. The molecule has 0 unspecified atom stereocenters. The van der Waals surface area contributed by atoms with Gasteiger partial charge in [0, 0.05) is 45.9 Å². The van der Waals surface area contributed by atoms with E-state index in [1.807, 2.05) is 29.0 Å². The number of hydrogen-bond acceptors (Lipinski definition) is 4. The molecule has 6 aromatic carbocycles. The fourth-order valence-corrected chi connectivity index (χ4v) is 7.27. The molecule has 4 heterocycles. The van der Waals surface area contributed by atoms with Crippen molar-refractivity contribution in [1.82, 2.24) is 19.5 Å². The predicted octanol–water partition coefficient (Wildman–Crippen LogP) is 11.4. The Morgan fingerprint density at radius 1 is 0.460 bits per heavy atom. The van der Waals surface area contributed by atoms with E-state index in [0.717, 1.165) is 88.7 Å². The van der Waals surface area contributed by atoms with Gasteiger partial charge < -0.3 is 4.74 Å². The predicted molar refractivity (Wildman–Crippen MR) is 203 cm³/mol. The van der Waals surface area contributed by atoms with Gasteiger partial charge in [0.2, 0.25) is 5.95 Å². The Morgan fingerprint density at radius 2 is 1.18 bits per heavy atom. The molecular weight excluding hydrogens is 613 g/mol. The van der Waals surface area contributed by atoms with E-state index < -0.39 is 0 Å². The van der Waals surface area contributed by atoms with Gasteiger partial charge in [-0.3, -0.25) is 4.57 Å². The first-order chi connectivity index (χ1) is 24.8. The van der Waals surface area contributed by atoms with Gasteiger partial charge in [-0.15, -0.1) is 0 Å². The quantitative estimate of drug-likeness (QED) is 0.189. The van der Waals surface area contributed by atoms with Crippen LogP contribution in [-0.4, -0.2) is 19.5 Å². The fraction of sp³-hybridized carbons (Fsp3) is 0. The summed E-state index contributed by atoms with van der Waals surface area (Å²) in [5.74, 6) is 2.26. The zero-order valence-corrected chi connectivity index (χ0v) is 26.9. The average molecular weight is 641 g/mol. The van der Waals surface area contributed by atoms with Gasteiger partial charge >= 0.3 is 0 Å². The molecule has 0 aliphatic carbocycles. The van der Waals surface area contributed by atoms with Gasteiger partial charge in [-0.05, 0) is 87.3 Å². The maximum Gasteiger partial charge on any atom is 0.235 e. The van der Waals surface area contributed by atoms with Crippen LogP contribution in [0.1, 0.15) is 11.1 Å². The zero-order chi connectivity index (χ0) is 33.0. The molecule has 0 amide bonds. The lowest BCUT2D eigenvalue weighted by atomic mass is 9.91. The lowest BCUT2D eigenvalue weighted by Gasteiger charge is -2.18. The summed E-state index contributed by atoms with van der Waals surface area (Å²) in [6.07, 6.45) is 9.79. The second-order valence-corrected chi connectivity index (χ2v) is 12.5. The molecule has 5 heteroatoms. The van der Waals surface area contributed by atoms with E-state index in [2.05, 4.69) is 143 Å². The first kappa shape index (κ1) is 28.2. The second-order valence-electron chi connectivity index (χ2n) is 12.5. The number of aromatic nitrogens is 4. The Balaban J connectivity index is 1.22. The summed E-state index contributed by atoms with van der Waals surface area (Å²) in [5, 5.41) is 4.34. The fourth-order valence-electron chi connectivity index (χ4n) is 7.27. The molecule has 234 valence electrons. The van der Waals surface area contributed by atoms with E-state index in [9.17, 15) is 0 Å². The summed E-state index contributed by atoms with van der Waals surface area (Å²) in [6.45, 7) is 0. The minimum Gasteiger partial charge on any atom is -0.455 e. The van der Waals surface area contributed by atoms with Crippen molar-refractivity contribution in [3.63, 3.8) is 0 Å². The van der Waals surface area contributed by atoms with Crippen molar-refractivity contribution in [2.75, 3.05) is 0 Å². The standard InChI is InChI=1S/C45H28N4O/c1-3-11-34-29(9-1)16-17-31-18-19-32(33-21-23-41-40(28-33)38-14-7-24-46-44(38)49(41)45-47-25-8-26-48-45)27-39(31)37-22-20-30-10-2-4-12-35(30)43(37)50-42-15-6-5-13-36(34)42/h1-28H/b17-16-. The van der Waals surface area contributed by atoms with Crippen LogP contribution in [0.15, 0.2) is 158 Å². The summed E-state index contributed by atoms with van der Waals surface area (Å²) < 4.78 is 9.08. The van der Waals surface area contributed by atoms with Crippen LogP contribution in [0.3, 0.4) is 0 Å². The van der Waals surface area contributed by atoms with E-state index in [1.165, 1.54) is 0 Å². The van der Waals surface area contributed by atoms with Crippen molar-refractivity contribution in [1.29, 1.82) is 0 Å². The Kier molecular flexibility index (Phi) is 6.42. The van der Waals surface area contributed by atoms with Crippen LogP contribution in [0.5, 0.6) is 11.5 Å². The molecule has 9 aromatic rings. The smallest absolute Gasteiger partial charge is 0.235 e. The Labute approximate surface area is 288 Å². The summed E-state index contributed by atoms with van der Waals surface area (Å²) in [5.41, 5.74) is 10.6. The zero-order valence-electron chi connectivity index (χ0n) is 26.9. The Hall–Kier alpha value is -6.85. The molecule has 1 aliphatic rings. The van der Waals surface area contributed by atoms with E-state index in [0.29, 0.717) is 5.95 Å². The van der Waals surface area contributed by atoms with Crippen molar-refractivity contribution in [3.05, 3.63) is 169 Å². The molecule has 1 aliphatic heterocycles. The first-order valence-electron chi connectivity index (χ1n) is 16.7. The summed E-state index contributed by atoms with van der Waals surface area (Å²) in [7, 11) is 0. The lowest BCUT2D eigenvalue weighted by molar-refractivity contribution is 0.492. The molecule has 3 aromatic heterocycles. The van der Waals surface area contributed by atoms with Crippen LogP contribution >= 0.6 is 0 Å². The van der Waals surface area contributed by atoms with Crippen LogP contribution < -0.4 is 4.74 Å². The normalized spacial score (nSPS) is 12.7. The minimum atomic E-state index is 0.599. The highest BCUT2D eigenvalue weighted by Gasteiger charge is 2.20. The number of fused-ring (bicyclic) bond motifs is 11. The highest BCUT2D eigenvalue weighted by atomic mass is 16.5. The number of benzene rings is 6. The summed E-state index contributed by atoms with van der Waals surface area (Å²) in [4.78, 5) is 13.8. The van der Waals surface area contributed by atoms with Gasteiger partial charge in [0.1, 0.15) is 17.1 Å². The highest BCUT2D eigenvalue weighted by Crippen LogP contribution is 2.46. The molecule has 0 N–H and O–H groups in total. The number of para-hydroxylation sites is 1. The van der Waals surface area contributed by atoms with Crippen LogP contribution in [-0.2, 0) is 0 Å². The largest absolute Gasteiger partial charge is 0.455 e. The lowest BCUT2D eigenvalue weighted by Crippen LogP contribution is -2.00. The number of ether oxygens (including phenoxy) is 1. The Morgan fingerprint density at radius 3 is 2.10 bits per heavy atom. The monoisotopic (exact) mass is 640 g/mol. The minimum absolute atomic E-state index is 0.599. The molecule has 0 saturated heterocycles. The third-order valence-corrected chi connectivity index (χ3v) is 9.63. The van der Waals surface area contributed by atoms with Crippen LogP contribution in [0.25, 0.3) is 84.2 Å². The first-order valence-corrected chi connectivity index (χ1v) is 16.7. The highest BCUT2D eigenvalue weighted by molar-refractivity contribution is 6.09. The van der Waals surface area contributed by atoms with Gasteiger partial charge in [-0.2, -0.15) is 0 Å². The van der Waals surface area contributed by atoms with Gasteiger partial charge in [0.25, 0.3) is 0 Å². The van der Waals surface area contributed by atoms with Gasteiger partial charge in [0.05, 0.1) is 5.52 Å². The molecular formula is C45H28N4O. The van der Waals surface area contributed by atoms with Crippen molar-refractivity contribution >= 4 is 44.9 Å². The van der Waals surface area contributed by atoms with E-state index in [4.69, 9.17) is 9.72 Å². The van der Waals surface area contributed by atoms with Crippen molar-refractivity contribution in [2.45, 2.75) is 0 Å². The van der Waals surface area contributed by atoms with Gasteiger partial charge in [0.15, 0.2) is 0 Å². The van der Waals surface area contributed by atoms with Crippen molar-refractivity contribution in [2.24, 2.45) is 0 Å². The van der Waals surface area contributed by atoms with Crippen molar-refractivity contribution < 1.29 is 4.74 Å². The van der Waals surface area contributed by atoms with Gasteiger partial charge in [-0.25, -0.2) is 15.0 Å². The molecule has 0 fully saturated rings. The molecule has 0 spiro atoms. The number of rotatable bonds is 2. The van der Waals surface area contributed by atoms with Crippen LogP contribution in [0.4, 0.5) is 0 Å². The molecule has 0 saturated carbocycles. The molecule has 10 rings (SSSR count). The van der Waals surface area contributed by atoms with Crippen molar-refractivity contribution in [3.8, 4) is 50.8 Å². The average Bonchev–Trinajstić information content (AvgIpc) is 3.50. The van der Waals surface area contributed by atoms with Crippen LogP contribution in [0.2, 0.25) is 0 Å². The SMILES string of the molecule is C1=C\c2ccc(-c3ccc4c(c3)c3cccnc3n4-c3ncccn3)cc2-c2ccc3ccccc3c2Oc2ccccc2-c2ccccc2/1. The van der Waals surface area contributed by atoms with E-state index >= 15 is 0 Å². The summed E-state index contributed by atoms with van der Waals surface area (Å²) in [6, 6.07) is 48.9. The molecule has 0 atom stereocenters. The molecule has 0 bridgehead atoms. The van der Waals surface area contributed by atoms with E-state index in [1.54, 1.807) is 12.4 Å². The number of pyridine rings is 1. The van der Waals surface area contributed by atoms with Gasteiger partial charge in [-0.1, -0.05) is 103 Å². The van der Waals surface area contributed by atoms with Crippen LogP contribution in [0, 0.1) is 0 Å². The second kappa shape index (κ2) is 11.4. The Bertz CT molecular complexity index is 2800. The number of nitrogens with zero attached hydrogens (tertiary/aromatic N) is 4. The molecule has 5 nitrogen and oxygen atoms in total.